The van der Waals surface area contributed by atoms with Crippen LogP contribution in [0.15, 0.2) is 383 Å². The van der Waals surface area contributed by atoms with Gasteiger partial charge >= 0.3 is 0 Å². The molecule has 0 atom stereocenters. The number of rotatable bonds is 11. The van der Waals surface area contributed by atoms with Crippen molar-refractivity contribution in [2.75, 3.05) is 0 Å². The Morgan fingerprint density at radius 3 is 0.758 bits per heavy atom. The van der Waals surface area contributed by atoms with E-state index in [9.17, 15) is 4.79 Å². The minimum absolute atomic E-state index is 0. The molecule has 0 bridgehead atoms. The maximum atomic E-state index is 10.0. The van der Waals surface area contributed by atoms with E-state index in [1.165, 1.54) is 92.2 Å². The maximum Gasteiger partial charge on any atom is 0.155 e. The van der Waals surface area contributed by atoms with E-state index < -0.39 is 0 Å². The number of hydrogen-bond acceptors (Lipinski definition) is 9. The smallest absolute Gasteiger partial charge is 0.155 e. The summed E-state index contributed by atoms with van der Waals surface area (Å²) in [7, 11) is 0. The number of aryl methyl sites for hydroxylation is 7. The first-order valence-corrected chi connectivity index (χ1v) is 38.1. The van der Waals surface area contributed by atoms with Crippen LogP contribution < -0.4 is 0 Å². The Balaban J connectivity index is 0.000000214. The molecular formula is C107H90Ir4N7O2-7. The fraction of sp³-hybridized carbons (Fsp3) is 0.0841. The number of hydrogen-bond donors (Lipinski definition) is 1. The van der Waals surface area contributed by atoms with E-state index in [0.29, 0.717) is 0 Å². The van der Waals surface area contributed by atoms with E-state index in [1.807, 2.05) is 274 Å². The Labute approximate surface area is 762 Å². The molecule has 0 aliphatic rings. The van der Waals surface area contributed by atoms with Crippen LogP contribution in [0.4, 0.5) is 0 Å². The third-order valence-corrected chi connectivity index (χ3v) is 17.8. The zero-order chi connectivity index (χ0) is 81.5. The second kappa shape index (κ2) is 52.8. The molecule has 10 aromatic carbocycles. The summed E-state index contributed by atoms with van der Waals surface area (Å²) in [5, 5.41) is 8.36. The molecule has 0 saturated carbocycles. The minimum Gasteiger partial charge on any atom is -0.512 e. The minimum atomic E-state index is -0.125. The summed E-state index contributed by atoms with van der Waals surface area (Å²) in [5.41, 5.74) is 30.0. The zero-order valence-electron chi connectivity index (χ0n) is 68.1. The van der Waals surface area contributed by atoms with Gasteiger partial charge in [-0.15, -0.1) is 250 Å². The first-order chi connectivity index (χ1) is 56.6. The van der Waals surface area contributed by atoms with Crippen LogP contribution in [0.2, 0.25) is 0 Å². The quantitative estimate of drug-likeness (QED) is 0.0765. The third-order valence-electron chi connectivity index (χ3n) is 17.8. The van der Waals surface area contributed by atoms with Gasteiger partial charge < -0.3 is 40.0 Å². The van der Waals surface area contributed by atoms with Crippen LogP contribution in [-0.2, 0) is 85.2 Å². The zero-order valence-corrected chi connectivity index (χ0v) is 77.7. The van der Waals surface area contributed by atoms with Crippen molar-refractivity contribution in [2.24, 2.45) is 0 Å². The molecule has 120 heavy (non-hydrogen) atoms. The van der Waals surface area contributed by atoms with Gasteiger partial charge in [0, 0.05) is 147 Å². The summed E-state index contributed by atoms with van der Waals surface area (Å²) in [4.78, 5) is 40.8. The van der Waals surface area contributed by atoms with Crippen LogP contribution in [0.25, 0.3) is 112 Å². The fourth-order valence-electron chi connectivity index (χ4n) is 12.0. The normalized spacial score (nSPS) is 9.89. The molecule has 17 aromatic rings. The molecular weight excluding hydrogens is 2180 g/mol. The Kier molecular flexibility index (Phi) is 42.6. The van der Waals surface area contributed by atoms with Gasteiger partial charge in [-0.25, -0.2) is 0 Å². The number of aliphatic hydroxyl groups excluding tert-OH is 1. The predicted molar refractivity (Wildman–Crippen MR) is 476 cm³/mol. The summed E-state index contributed by atoms with van der Waals surface area (Å²) in [5.74, 6) is -0.0625. The molecule has 17 rings (SSSR count). The monoisotopic (exact) mass is 2280 g/mol. The van der Waals surface area contributed by atoms with Gasteiger partial charge in [-0.1, -0.05) is 178 Å². The number of allylic oxidation sites excluding steroid dienone is 2. The summed E-state index contributed by atoms with van der Waals surface area (Å²) in [6.07, 6.45) is 14.2. The van der Waals surface area contributed by atoms with Gasteiger partial charge in [0.15, 0.2) is 5.78 Å². The second-order valence-corrected chi connectivity index (χ2v) is 26.8. The van der Waals surface area contributed by atoms with Crippen molar-refractivity contribution < 1.29 is 90.3 Å². The molecule has 0 aliphatic carbocycles. The number of ketones is 1. The molecule has 0 aliphatic heterocycles. The first-order valence-electron chi connectivity index (χ1n) is 38.1. The Bertz CT molecular complexity index is 5340. The van der Waals surface area contributed by atoms with Crippen LogP contribution in [0.1, 0.15) is 52.8 Å². The molecule has 0 saturated heterocycles. The Morgan fingerprint density at radius 2 is 0.533 bits per heavy atom. The van der Waals surface area contributed by atoms with E-state index >= 15 is 0 Å². The van der Waals surface area contributed by atoms with E-state index in [1.54, 1.807) is 18.6 Å². The molecule has 0 unspecified atom stereocenters. The average Bonchev–Trinajstić information content (AvgIpc) is 0.826. The van der Waals surface area contributed by atoms with Crippen LogP contribution in [0.5, 0.6) is 0 Å². The molecule has 9 nitrogen and oxygen atoms in total. The number of aromatic nitrogens is 7. The second-order valence-electron chi connectivity index (χ2n) is 26.8. The largest absolute Gasteiger partial charge is 0.512 e. The molecule has 7 heterocycles. The summed E-state index contributed by atoms with van der Waals surface area (Å²) in [6.45, 7) is 17.5. The third kappa shape index (κ3) is 31.1. The van der Waals surface area contributed by atoms with Crippen molar-refractivity contribution >= 4 is 5.78 Å². The van der Waals surface area contributed by atoms with E-state index in [2.05, 4.69) is 205 Å². The van der Waals surface area contributed by atoms with Crippen LogP contribution in [0.3, 0.4) is 0 Å². The molecule has 7 aromatic heterocycles. The van der Waals surface area contributed by atoms with Gasteiger partial charge in [0.05, 0.1) is 5.76 Å². The van der Waals surface area contributed by atoms with Crippen molar-refractivity contribution in [1.82, 2.24) is 34.9 Å². The topological polar surface area (TPSA) is 128 Å². The number of aliphatic hydroxyl groups is 1. The van der Waals surface area contributed by atoms with Gasteiger partial charge in [-0.05, 0) is 139 Å². The number of carbonyl (C=O) groups is 1. The number of carbonyl (C=O) groups excluding carboxylic acids is 1. The van der Waals surface area contributed by atoms with Gasteiger partial charge in [-0.3, -0.25) is 4.79 Å². The first kappa shape index (κ1) is 96.9. The van der Waals surface area contributed by atoms with Crippen molar-refractivity contribution in [3.8, 4) is 112 Å². The average molecular weight is 2270 g/mol. The van der Waals surface area contributed by atoms with Crippen molar-refractivity contribution in [3.05, 3.63) is 464 Å². The van der Waals surface area contributed by atoms with Crippen LogP contribution in [-0.4, -0.2) is 45.8 Å². The molecule has 608 valence electrons. The number of pyridine rings is 7. The SMILES string of the molecule is CC(=O)C=C(C)O.Cc1cc(-c2[c-]cccc2)ncc1-c1ccccc1.Cc1cc(-c2[c-]cccc2)ncc1-c1ccccc1.Cc1cc(-c2[c-]cccc2)ncc1-c1ccccc1.Cc1ccc[c-]c1-c1ccccn1.Cc1ccc[c-]c1-c1ccccn1.Cc1ccc[c-]c1-c1ccccn1.Cc1ccnc(-c2[c-]cccc2)c1.[Ir].[Ir].[Ir].[Ir]. The molecule has 0 fully saturated rings. The summed E-state index contributed by atoms with van der Waals surface area (Å²) < 4.78 is 0. The van der Waals surface area contributed by atoms with Gasteiger partial charge in [0.2, 0.25) is 0 Å². The molecule has 0 amide bonds. The van der Waals surface area contributed by atoms with Crippen LogP contribution >= 0.6 is 0 Å². The van der Waals surface area contributed by atoms with Crippen molar-refractivity contribution in [3.63, 3.8) is 0 Å². The van der Waals surface area contributed by atoms with Crippen molar-refractivity contribution in [1.29, 1.82) is 0 Å². The molecule has 13 heteroatoms. The maximum absolute atomic E-state index is 10.0. The Morgan fingerprint density at radius 1 is 0.267 bits per heavy atom. The summed E-state index contributed by atoms with van der Waals surface area (Å²) in [6, 6.07) is 131. The van der Waals surface area contributed by atoms with Crippen molar-refractivity contribution in [2.45, 2.75) is 62.3 Å². The standard InChI is InChI=1S/3C18H14N.4C12H10N.C5H8O2.4Ir/c3*1-14-12-18(16-10-6-3-7-11-16)19-13-17(14)15-8-4-2-5-9-15;3*1-10-6-2-3-7-11(10)12-8-4-5-9-13-12;1-10-7-8-13-12(9-10)11-5-3-2-4-6-11;1-4(6)3-5(2)7;;;;/h3*2-10,12-13H,1H3;3*2-6,8-9H,1H3;2-5,7-9H,1H3;3,6H,1-2H3;;;;/q7*-1;;;;;. The summed E-state index contributed by atoms with van der Waals surface area (Å²) >= 11 is 0. The number of benzene rings is 10. The van der Waals surface area contributed by atoms with E-state index in [0.717, 1.165) is 78.8 Å². The fourth-order valence-corrected chi connectivity index (χ4v) is 12.0. The van der Waals surface area contributed by atoms with E-state index in [4.69, 9.17) is 5.11 Å². The van der Waals surface area contributed by atoms with Crippen LogP contribution in [0, 0.1) is 90.9 Å². The van der Waals surface area contributed by atoms with Gasteiger partial charge in [-0.2, -0.15) is 0 Å². The predicted octanol–water partition coefficient (Wildman–Crippen LogP) is 26.0. The van der Waals surface area contributed by atoms with E-state index in [-0.39, 0.29) is 92.0 Å². The number of nitrogens with zero attached hydrogens (tertiary/aromatic N) is 7. The van der Waals surface area contributed by atoms with Gasteiger partial charge in [0.25, 0.3) is 0 Å². The molecule has 1 N–H and O–H groups in total. The molecule has 4 radical (unpaired) electrons. The van der Waals surface area contributed by atoms with Gasteiger partial charge in [0.1, 0.15) is 0 Å². The Hall–Kier alpha value is -11.9. The molecule has 0 spiro atoms.